The van der Waals surface area contributed by atoms with Crippen LogP contribution in [-0.4, -0.2) is 147 Å². The summed E-state index contributed by atoms with van der Waals surface area (Å²) < 4.78 is 17.1. The maximum Gasteiger partial charge on any atom is 0.200 e. The molecule has 246 valence electrons. The van der Waals surface area contributed by atoms with Gasteiger partial charge < -0.3 is 85.7 Å². The minimum atomic E-state index is -1.98. The van der Waals surface area contributed by atoms with Crippen molar-refractivity contribution in [3.05, 3.63) is 41.2 Å². The predicted molar refractivity (Wildman–Crippen MR) is 144 cm³/mol. The Hall–Kier alpha value is -3.62. The Kier molecular flexibility index (Phi) is 11.8. The third-order valence-electron chi connectivity index (χ3n) is 6.78. The number of fused-ring (bicyclic) bond motifs is 1. The fourth-order valence-electron chi connectivity index (χ4n) is 4.16. The van der Waals surface area contributed by atoms with Crippen LogP contribution in [0.25, 0.3) is 5.76 Å². The van der Waals surface area contributed by atoms with Crippen LogP contribution >= 0.6 is 0 Å². The Morgan fingerprint density at radius 3 is 1.61 bits per heavy atom. The number of hydrogen-bond donors (Lipinski definition) is 14. The molecule has 8 atom stereocenters. The number of rotatable bonds is 15. The van der Waals surface area contributed by atoms with E-state index in [-0.39, 0.29) is 40.6 Å². The Bertz CT molecular complexity index is 1280. The molecular weight excluding hydrogens is 596 g/mol. The van der Waals surface area contributed by atoms with Gasteiger partial charge in [-0.15, -0.1) is 0 Å². The van der Waals surface area contributed by atoms with Crippen LogP contribution in [0.1, 0.15) is 11.1 Å². The quantitative estimate of drug-likeness (QED) is 0.0834. The molecule has 0 saturated heterocycles. The van der Waals surface area contributed by atoms with Crippen molar-refractivity contribution in [1.29, 1.82) is 0 Å². The highest BCUT2D eigenvalue weighted by Gasteiger charge is 2.34. The maximum atomic E-state index is 10.4. The van der Waals surface area contributed by atoms with E-state index in [1.807, 2.05) is 0 Å². The number of benzene rings is 2. The summed E-state index contributed by atoms with van der Waals surface area (Å²) in [5.41, 5.74) is 0.0854. The normalized spacial score (nSPS) is 18.7. The van der Waals surface area contributed by atoms with Crippen LogP contribution < -0.4 is 9.47 Å². The van der Waals surface area contributed by atoms with E-state index < -0.39 is 98.3 Å². The van der Waals surface area contributed by atoms with Crippen LogP contribution in [0.2, 0.25) is 0 Å². The van der Waals surface area contributed by atoms with Gasteiger partial charge >= 0.3 is 0 Å². The average molecular weight is 633 g/mol. The molecule has 17 nitrogen and oxygen atoms in total. The first-order chi connectivity index (χ1) is 20.7. The monoisotopic (exact) mass is 632 g/mol. The van der Waals surface area contributed by atoms with Crippen LogP contribution in [-0.2, 0) is 11.2 Å². The summed E-state index contributed by atoms with van der Waals surface area (Å²) in [6.07, 6.45) is -15.3. The molecule has 1 aliphatic heterocycles. The zero-order valence-corrected chi connectivity index (χ0v) is 22.9. The minimum Gasteiger partial charge on any atom is -0.508 e. The SMILES string of the molecule is OCC(O)C(O)C(O)C(O)COC1=C(c2cc(O)c(O)c(O)c2)Oc2cc(O)cc(OCC(O)C(O)C(O)C(O)CO)c2C1. The fraction of sp³-hybridized carbons (Fsp3) is 0.481. The lowest BCUT2D eigenvalue weighted by atomic mass is 10.0. The Labute approximate surface area is 249 Å². The van der Waals surface area contributed by atoms with E-state index in [4.69, 9.17) is 24.4 Å². The number of hydrogen-bond acceptors (Lipinski definition) is 17. The second kappa shape index (κ2) is 14.9. The van der Waals surface area contributed by atoms with Crippen LogP contribution in [0.3, 0.4) is 0 Å². The first-order valence-corrected chi connectivity index (χ1v) is 13.1. The highest BCUT2D eigenvalue weighted by atomic mass is 16.5. The third kappa shape index (κ3) is 7.90. The third-order valence-corrected chi connectivity index (χ3v) is 6.78. The second-order valence-corrected chi connectivity index (χ2v) is 10.0. The molecule has 1 aliphatic rings. The Balaban J connectivity index is 1.94. The molecule has 17 heteroatoms. The van der Waals surface area contributed by atoms with E-state index in [0.29, 0.717) is 0 Å². The van der Waals surface area contributed by atoms with E-state index in [9.17, 15) is 61.3 Å². The zero-order valence-electron chi connectivity index (χ0n) is 22.9. The summed E-state index contributed by atoms with van der Waals surface area (Å²) in [5.74, 6) is -3.31. The highest BCUT2D eigenvalue weighted by molar-refractivity contribution is 5.72. The van der Waals surface area contributed by atoms with Gasteiger partial charge in [0.1, 0.15) is 85.1 Å². The van der Waals surface area contributed by atoms with E-state index in [1.54, 1.807) is 0 Å². The topological polar surface area (TPSA) is 311 Å². The molecule has 0 aliphatic carbocycles. The van der Waals surface area contributed by atoms with Gasteiger partial charge in [0.2, 0.25) is 0 Å². The lowest BCUT2D eigenvalue weighted by Gasteiger charge is -2.29. The summed E-state index contributed by atoms with van der Waals surface area (Å²) in [5, 5.41) is 138. The summed E-state index contributed by atoms with van der Waals surface area (Å²) in [7, 11) is 0. The molecule has 2 aromatic carbocycles. The van der Waals surface area contributed by atoms with Crippen molar-refractivity contribution in [2.45, 2.75) is 55.3 Å². The molecule has 0 radical (unpaired) electrons. The number of phenols is 4. The highest BCUT2D eigenvalue weighted by Crippen LogP contribution is 2.45. The van der Waals surface area contributed by atoms with Gasteiger partial charge in [0.15, 0.2) is 23.0 Å². The number of aliphatic hydroxyl groups is 10. The number of phenolic OH excluding ortho intramolecular Hbond substituents is 4. The first-order valence-electron chi connectivity index (χ1n) is 13.1. The minimum absolute atomic E-state index is 0.0648. The molecule has 8 unspecified atom stereocenters. The average Bonchev–Trinajstić information content (AvgIpc) is 3.01. The molecule has 0 amide bonds. The summed E-state index contributed by atoms with van der Waals surface area (Å²) >= 11 is 0. The molecule has 1 heterocycles. The van der Waals surface area contributed by atoms with E-state index in [1.165, 1.54) is 0 Å². The fourth-order valence-corrected chi connectivity index (χ4v) is 4.16. The second-order valence-electron chi connectivity index (χ2n) is 10.0. The van der Waals surface area contributed by atoms with Gasteiger partial charge in [-0.1, -0.05) is 0 Å². The molecule has 0 aromatic heterocycles. The van der Waals surface area contributed by atoms with Gasteiger partial charge in [0, 0.05) is 29.7 Å². The van der Waals surface area contributed by atoms with Crippen molar-refractivity contribution < 1.29 is 85.7 Å². The first kappa shape index (κ1) is 34.9. The lowest BCUT2D eigenvalue weighted by molar-refractivity contribution is -0.125. The molecular formula is C27H36O17. The van der Waals surface area contributed by atoms with E-state index >= 15 is 0 Å². The lowest BCUT2D eigenvalue weighted by Crippen LogP contribution is -2.47. The van der Waals surface area contributed by atoms with Gasteiger partial charge in [-0.05, 0) is 12.1 Å². The van der Waals surface area contributed by atoms with E-state index in [2.05, 4.69) is 0 Å². The molecule has 3 rings (SSSR count). The predicted octanol–water partition coefficient (Wildman–Crippen LogP) is -3.92. The van der Waals surface area contributed by atoms with Crippen LogP contribution in [0.5, 0.6) is 34.5 Å². The number of aliphatic hydroxyl groups excluding tert-OH is 10. The number of allylic oxidation sites excluding steroid dienone is 1. The molecule has 0 saturated carbocycles. The molecule has 2 aromatic rings. The van der Waals surface area contributed by atoms with Crippen LogP contribution in [0.4, 0.5) is 0 Å². The molecule has 14 N–H and O–H groups in total. The van der Waals surface area contributed by atoms with E-state index in [0.717, 1.165) is 24.3 Å². The molecule has 0 bridgehead atoms. The number of ether oxygens (including phenoxy) is 3. The van der Waals surface area contributed by atoms with Crippen LogP contribution in [0, 0.1) is 0 Å². The van der Waals surface area contributed by atoms with Crippen molar-refractivity contribution >= 4 is 5.76 Å². The van der Waals surface area contributed by atoms with Gasteiger partial charge in [0.05, 0.1) is 13.2 Å². The van der Waals surface area contributed by atoms with Crippen molar-refractivity contribution in [3.63, 3.8) is 0 Å². The van der Waals surface area contributed by atoms with Gasteiger partial charge in [0.25, 0.3) is 0 Å². The van der Waals surface area contributed by atoms with Crippen LogP contribution in [0.15, 0.2) is 30.0 Å². The maximum absolute atomic E-state index is 10.4. The van der Waals surface area contributed by atoms with Crippen molar-refractivity contribution in [1.82, 2.24) is 0 Å². The molecule has 0 spiro atoms. The van der Waals surface area contributed by atoms with Gasteiger partial charge in [-0.25, -0.2) is 0 Å². The summed E-state index contributed by atoms with van der Waals surface area (Å²) in [6.45, 7) is -3.26. The summed E-state index contributed by atoms with van der Waals surface area (Å²) in [4.78, 5) is 0. The number of aromatic hydroxyl groups is 4. The Morgan fingerprint density at radius 2 is 1.11 bits per heavy atom. The van der Waals surface area contributed by atoms with Gasteiger partial charge in [-0.3, -0.25) is 0 Å². The zero-order chi connectivity index (χ0) is 32.9. The van der Waals surface area contributed by atoms with Crippen molar-refractivity contribution in [2.75, 3.05) is 26.4 Å². The smallest absolute Gasteiger partial charge is 0.200 e. The standard InChI is InChI=1S/C27H36O17/c28-6-15(33)23(38)25(40)17(35)8-42-19-3-11(30)4-20-12(19)5-21(43-9-18(36)26(41)24(39)16(34)7-29)27(44-20)10-1-13(31)22(37)14(32)2-10/h1-4,15-18,23-26,28-41H,5-9H2. The van der Waals surface area contributed by atoms with Crippen molar-refractivity contribution in [3.8, 4) is 34.5 Å². The Morgan fingerprint density at radius 1 is 0.636 bits per heavy atom. The van der Waals surface area contributed by atoms with Gasteiger partial charge in [-0.2, -0.15) is 0 Å². The molecule has 44 heavy (non-hydrogen) atoms. The van der Waals surface area contributed by atoms with Crippen molar-refractivity contribution in [2.24, 2.45) is 0 Å². The largest absolute Gasteiger partial charge is 0.508 e. The molecule has 0 fully saturated rings. The summed E-state index contributed by atoms with van der Waals surface area (Å²) in [6, 6.07) is 4.24.